The fourth-order valence-corrected chi connectivity index (χ4v) is 3.28. The van der Waals surface area contributed by atoms with Crippen LogP contribution < -0.4 is 15.4 Å². The zero-order chi connectivity index (χ0) is 22.6. The zero-order valence-electron chi connectivity index (χ0n) is 17.9. The first-order valence-electron chi connectivity index (χ1n) is 10.00. The molecule has 0 saturated carbocycles. The van der Waals surface area contributed by atoms with E-state index >= 15 is 0 Å². The molecule has 9 heteroatoms. The zero-order valence-corrected chi connectivity index (χ0v) is 17.9. The summed E-state index contributed by atoms with van der Waals surface area (Å²) in [4.78, 5) is 32.5. The number of nitrogens with two attached hydrogens (primary N) is 1. The number of amides is 2. The summed E-state index contributed by atoms with van der Waals surface area (Å²) in [6.45, 7) is 6.48. The summed E-state index contributed by atoms with van der Waals surface area (Å²) < 4.78 is 22.5. The fraction of sp³-hybridized carbons (Fsp3) is 0.409. The summed E-state index contributed by atoms with van der Waals surface area (Å²) in [5, 5.41) is 0. The molecule has 1 aliphatic heterocycles. The first-order chi connectivity index (χ1) is 14.7. The third-order valence-electron chi connectivity index (χ3n) is 4.77. The van der Waals surface area contributed by atoms with Gasteiger partial charge in [0.15, 0.2) is 0 Å². The van der Waals surface area contributed by atoms with Gasteiger partial charge in [-0.25, -0.2) is 14.2 Å². The van der Waals surface area contributed by atoms with Crippen LogP contribution in [-0.2, 0) is 4.74 Å². The number of carbonyl (C=O) groups excluding carboxylic acids is 2. The maximum atomic E-state index is 12.3. The maximum Gasteiger partial charge on any atom is 0.410 e. The van der Waals surface area contributed by atoms with Crippen molar-refractivity contribution < 1.29 is 23.5 Å². The summed E-state index contributed by atoms with van der Waals surface area (Å²) >= 11 is 0. The van der Waals surface area contributed by atoms with E-state index in [-0.39, 0.29) is 6.09 Å². The Morgan fingerprint density at radius 2 is 1.74 bits per heavy atom. The lowest BCUT2D eigenvalue weighted by molar-refractivity contribution is 0.0240. The highest BCUT2D eigenvalue weighted by Gasteiger charge is 2.28. The molecular weight excluding hydrogens is 403 g/mol. The number of nitrogens with zero attached hydrogens (tertiary/aromatic N) is 3. The number of anilines is 1. The molecule has 0 bridgehead atoms. The van der Waals surface area contributed by atoms with E-state index in [4.69, 9.17) is 15.2 Å². The van der Waals surface area contributed by atoms with E-state index in [2.05, 4.69) is 4.98 Å². The van der Waals surface area contributed by atoms with E-state index < -0.39 is 18.4 Å². The van der Waals surface area contributed by atoms with E-state index in [1.165, 1.54) is 0 Å². The lowest BCUT2D eigenvalue weighted by atomic mass is 10.0. The predicted octanol–water partition coefficient (Wildman–Crippen LogP) is 3.21. The van der Waals surface area contributed by atoms with Crippen molar-refractivity contribution in [3.05, 3.63) is 42.1 Å². The average molecular weight is 430 g/mol. The third kappa shape index (κ3) is 5.62. The van der Waals surface area contributed by atoms with Crippen LogP contribution in [0.3, 0.4) is 0 Å². The van der Waals surface area contributed by atoms with Crippen molar-refractivity contribution in [2.75, 3.05) is 37.9 Å². The standard InChI is InChI=1S/C22H27FN4O4/c1-22(2,3)31-21(29)27-10-8-26(9-11-27)20-18(19(24)28)12-16(13-25-20)15-4-6-17(7-5-15)30-14-23/h4-7,12-13H,8-11,14H2,1-3H3,(H2,24,28). The van der Waals surface area contributed by atoms with Crippen molar-refractivity contribution in [3.8, 4) is 16.9 Å². The van der Waals surface area contributed by atoms with Crippen molar-refractivity contribution in [3.63, 3.8) is 0 Å². The number of benzene rings is 1. The summed E-state index contributed by atoms with van der Waals surface area (Å²) in [5.41, 5.74) is 6.87. The van der Waals surface area contributed by atoms with Crippen LogP contribution >= 0.6 is 0 Å². The van der Waals surface area contributed by atoms with Gasteiger partial charge in [-0.1, -0.05) is 12.1 Å². The lowest BCUT2D eigenvalue weighted by Crippen LogP contribution is -2.50. The molecule has 1 saturated heterocycles. The number of aromatic nitrogens is 1. The predicted molar refractivity (Wildman–Crippen MR) is 115 cm³/mol. The highest BCUT2D eigenvalue weighted by molar-refractivity contribution is 5.99. The van der Waals surface area contributed by atoms with Crippen molar-refractivity contribution in [1.82, 2.24) is 9.88 Å². The maximum absolute atomic E-state index is 12.3. The highest BCUT2D eigenvalue weighted by atomic mass is 19.1. The molecule has 0 atom stereocenters. The van der Waals surface area contributed by atoms with Gasteiger partial charge in [0, 0.05) is 37.9 Å². The van der Waals surface area contributed by atoms with E-state index in [9.17, 15) is 14.0 Å². The number of ether oxygens (including phenoxy) is 2. The molecule has 2 amide bonds. The molecule has 0 aliphatic carbocycles. The van der Waals surface area contributed by atoms with Gasteiger partial charge >= 0.3 is 6.09 Å². The molecule has 31 heavy (non-hydrogen) atoms. The van der Waals surface area contributed by atoms with Gasteiger partial charge in [0.25, 0.3) is 5.91 Å². The minimum Gasteiger partial charge on any atom is -0.463 e. The number of piperazine rings is 1. The Hall–Kier alpha value is -3.36. The van der Waals surface area contributed by atoms with Gasteiger partial charge < -0.3 is 25.0 Å². The minimum atomic E-state index is -0.900. The van der Waals surface area contributed by atoms with Crippen molar-refractivity contribution in [1.29, 1.82) is 0 Å². The second-order valence-corrected chi connectivity index (χ2v) is 8.19. The molecule has 1 aromatic heterocycles. The summed E-state index contributed by atoms with van der Waals surface area (Å²) in [5.74, 6) is 0.308. The smallest absolute Gasteiger partial charge is 0.410 e. The molecule has 2 N–H and O–H groups in total. The summed E-state index contributed by atoms with van der Waals surface area (Å²) in [6, 6.07) is 8.49. The van der Waals surface area contributed by atoms with Gasteiger partial charge in [0.2, 0.25) is 6.86 Å². The van der Waals surface area contributed by atoms with Gasteiger partial charge in [0.1, 0.15) is 17.2 Å². The largest absolute Gasteiger partial charge is 0.463 e. The Morgan fingerprint density at radius 3 is 2.29 bits per heavy atom. The Balaban J connectivity index is 1.75. The van der Waals surface area contributed by atoms with Crippen LogP contribution in [0.25, 0.3) is 11.1 Å². The first-order valence-corrected chi connectivity index (χ1v) is 10.00. The number of halogens is 1. The van der Waals surface area contributed by atoms with Gasteiger partial charge in [-0.3, -0.25) is 4.79 Å². The minimum absolute atomic E-state index is 0.298. The van der Waals surface area contributed by atoms with Gasteiger partial charge in [-0.15, -0.1) is 0 Å². The van der Waals surface area contributed by atoms with Crippen molar-refractivity contribution >= 4 is 17.8 Å². The molecule has 3 rings (SSSR count). The van der Waals surface area contributed by atoms with E-state index in [0.29, 0.717) is 48.9 Å². The normalized spacial score (nSPS) is 14.3. The number of primary amides is 1. The van der Waals surface area contributed by atoms with Gasteiger partial charge in [0.05, 0.1) is 5.56 Å². The van der Waals surface area contributed by atoms with Crippen LogP contribution in [0, 0.1) is 0 Å². The molecule has 8 nitrogen and oxygen atoms in total. The van der Waals surface area contributed by atoms with Crippen molar-refractivity contribution in [2.45, 2.75) is 26.4 Å². The van der Waals surface area contributed by atoms with E-state index in [0.717, 1.165) is 5.56 Å². The van der Waals surface area contributed by atoms with Crippen LogP contribution in [0.5, 0.6) is 5.75 Å². The topological polar surface area (TPSA) is 98.0 Å². The quantitative estimate of drug-likeness (QED) is 0.782. The second-order valence-electron chi connectivity index (χ2n) is 8.19. The molecule has 0 unspecified atom stereocenters. The molecule has 2 aromatic rings. The number of alkyl halides is 1. The third-order valence-corrected chi connectivity index (χ3v) is 4.77. The van der Waals surface area contributed by atoms with Crippen LogP contribution in [0.15, 0.2) is 36.5 Å². The first kappa shape index (κ1) is 22.3. The summed E-state index contributed by atoms with van der Waals surface area (Å²) in [7, 11) is 0. The van der Waals surface area contributed by atoms with Crippen LogP contribution in [-0.4, -0.2) is 60.5 Å². The molecule has 166 valence electrons. The second kappa shape index (κ2) is 9.20. The number of rotatable bonds is 5. The average Bonchev–Trinajstić information content (AvgIpc) is 2.73. The van der Waals surface area contributed by atoms with Crippen LogP contribution in [0.2, 0.25) is 0 Å². The molecule has 1 aliphatic rings. The molecule has 0 radical (unpaired) electrons. The molecule has 1 fully saturated rings. The lowest BCUT2D eigenvalue weighted by Gasteiger charge is -2.36. The number of carbonyl (C=O) groups is 2. The Morgan fingerprint density at radius 1 is 1.10 bits per heavy atom. The van der Waals surface area contributed by atoms with Gasteiger partial charge in [-0.05, 0) is 44.5 Å². The van der Waals surface area contributed by atoms with Crippen molar-refractivity contribution in [2.24, 2.45) is 5.73 Å². The van der Waals surface area contributed by atoms with E-state index in [1.807, 2.05) is 25.7 Å². The number of hydrogen-bond donors (Lipinski definition) is 1. The highest BCUT2D eigenvalue weighted by Crippen LogP contribution is 2.27. The fourth-order valence-electron chi connectivity index (χ4n) is 3.28. The Bertz CT molecular complexity index is 936. The van der Waals surface area contributed by atoms with Gasteiger partial charge in [-0.2, -0.15) is 0 Å². The number of pyridine rings is 1. The molecule has 2 heterocycles. The van der Waals surface area contributed by atoms with Crippen LogP contribution in [0.1, 0.15) is 31.1 Å². The molecule has 0 spiro atoms. The number of hydrogen-bond acceptors (Lipinski definition) is 6. The Labute approximate surface area is 180 Å². The molecular formula is C22H27FN4O4. The summed E-state index contributed by atoms with van der Waals surface area (Å²) in [6.07, 6.45) is 1.30. The van der Waals surface area contributed by atoms with Crippen LogP contribution in [0.4, 0.5) is 15.0 Å². The Kier molecular flexibility index (Phi) is 6.62. The van der Waals surface area contributed by atoms with E-state index in [1.54, 1.807) is 41.4 Å². The molecule has 1 aromatic carbocycles. The SMILES string of the molecule is CC(C)(C)OC(=O)N1CCN(c2ncc(-c3ccc(OCF)cc3)cc2C(N)=O)CC1. The monoisotopic (exact) mass is 430 g/mol.